The molecular weight excluding hydrogens is 600 g/mol. The van der Waals surface area contributed by atoms with Crippen molar-refractivity contribution in [2.45, 2.75) is 71.6 Å². The summed E-state index contributed by atoms with van der Waals surface area (Å²) >= 11 is 1.59. The van der Waals surface area contributed by atoms with Gasteiger partial charge in [-0.2, -0.15) is 0 Å². The molecular formula is C33H34N2O9S. The highest BCUT2D eigenvalue weighted by atomic mass is 32.1. The van der Waals surface area contributed by atoms with Gasteiger partial charge in [0.2, 0.25) is 0 Å². The van der Waals surface area contributed by atoms with E-state index in [4.69, 9.17) is 29.2 Å². The molecule has 1 saturated heterocycles. The van der Waals surface area contributed by atoms with Gasteiger partial charge in [0.25, 0.3) is 0 Å². The summed E-state index contributed by atoms with van der Waals surface area (Å²) in [7, 11) is 0. The lowest BCUT2D eigenvalue weighted by atomic mass is 9.97. The Balaban J connectivity index is 1.62. The quantitative estimate of drug-likeness (QED) is 0.184. The van der Waals surface area contributed by atoms with E-state index < -0.39 is 88.7 Å². The van der Waals surface area contributed by atoms with Gasteiger partial charge in [-0.15, -0.1) is 11.3 Å². The van der Waals surface area contributed by atoms with Crippen LogP contribution in [0.3, 0.4) is 0 Å². The monoisotopic (exact) mass is 638 g/mol. The number of pyridine rings is 1. The number of ether oxygens (including phenoxy) is 5. The molecule has 0 N–H and O–H groups in total. The zero-order valence-corrected chi connectivity index (χ0v) is 25.2. The molecule has 5 rings (SSSR count). The third-order valence-corrected chi connectivity index (χ3v) is 8.29. The summed E-state index contributed by atoms with van der Waals surface area (Å²) in [5.41, 5.74) is 3.32. The predicted molar refractivity (Wildman–Crippen MR) is 164 cm³/mol. The average molecular weight is 639 g/mol. The molecule has 4 aromatic rings. The van der Waals surface area contributed by atoms with Gasteiger partial charge in [-0.1, -0.05) is 18.2 Å². The van der Waals surface area contributed by atoms with Crippen LogP contribution in [0.15, 0.2) is 60.9 Å². The van der Waals surface area contributed by atoms with Crippen molar-refractivity contribution in [3.05, 3.63) is 76.9 Å². The maximum absolute atomic E-state index is 12.7. The molecule has 3 aromatic heterocycles. The number of benzene rings is 1. The van der Waals surface area contributed by atoms with E-state index >= 15 is 0 Å². The SMILES string of the molecule is [2H]CC(=O)OC[C@H]1OC(n2cc(Cc3ccc(-c4ccccn4)s3)c3c(C)cccc32)[C@H](OC(=O)C[2H])[C@@H](OC(=O)C[2H])[C@@H]1OC(=O)C[2H]. The Labute approximate surface area is 269 Å². The first-order valence-electron chi connectivity index (χ1n) is 16.7. The zero-order chi connectivity index (χ0) is 35.1. The Bertz CT molecular complexity index is 1800. The van der Waals surface area contributed by atoms with Gasteiger partial charge in [0.15, 0.2) is 24.5 Å². The molecule has 1 aliphatic rings. The Morgan fingerprint density at radius 2 is 1.62 bits per heavy atom. The highest BCUT2D eigenvalue weighted by Gasteiger charge is 2.53. The fourth-order valence-electron chi connectivity index (χ4n) is 5.52. The zero-order valence-electron chi connectivity index (χ0n) is 28.4. The normalized spacial score (nSPS) is 22.4. The number of thiophene rings is 1. The summed E-state index contributed by atoms with van der Waals surface area (Å²) < 4.78 is 60.0. The average Bonchev–Trinajstić information content (AvgIpc) is 3.74. The van der Waals surface area contributed by atoms with Crippen molar-refractivity contribution in [2.24, 2.45) is 0 Å². The van der Waals surface area contributed by atoms with Gasteiger partial charge in [-0.05, 0) is 48.4 Å². The number of fused-ring (bicyclic) bond motifs is 1. The maximum atomic E-state index is 12.7. The first kappa shape index (κ1) is 26.8. The van der Waals surface area contributed by atoms with Gasteiger partial charge in [-0.3, -0.25) is 24.2 Å². The summed E-state index contributed by atoms with van der Waals surface area (Å²) in [4.78, 5) is 56.2. The second kappa shape index (κ2) is 13.6. The van der Waals surface area contributed by atoms with Crippen molar-refractivity contribution >= 4 is 46.1 Å². The Hall–Kier alpha value is -4.55. The van der Waals surface area contributed by atoms with Crippen molar-refractivity contribution in [1.82, 2.24) is 9.55 Å². The number of esters is 4. The van der Waals surface area contributed by atoms with Crippen molar-refractivity contribution in [2.75, 3.05) is 6.61 Å². The topological polar surface area (TPSA) is 132 Å². The van der Waals surface area contributed by atoms with Crippen LogP contribution in [0.1, 0.15) is 55.3 Å². The number of carbonyl (C=O) groups excluding carboxylic acids is 4. The molecule has 0 radical (unpaired) electrons. The van der Waals surface area contributed by atoms with Crippen LogP contribution in [0.4, 0.5) is 0 Å². The predicted octanol–water partition coefficient (Wildman–Crippen LogP) is 4.92. The number of carbonyl (C=O) groups is 4. The van der Waals surface area contributed by atoms with Gasteiger partial charge < -0.3 is 28.3 Å². The van der Waals surface area contributed by atoms with Crippen LogP contribution in [0.5, 0.6) is 0 Å². The molecule has 0 saturated carbocycles. The van der Waals surface area contributed by atoms with Crippen LogP contribution in [0.2, 0.25) is 0 Å². The maximum Gasteiger partial charge on any atom is 0.303 e. The molecule has 4 heterocycles. The van der Waals surface area contributed by atoms with E-state index in [1.54, 1.807) is 22.1 Å². The summed E-state index contributed by atoms with van der Waals surface area (Å²) in [6, 6.07) is 15.3. The lowest BCUT2D eigenvalue weighted by Gasteiger charge is -2.44. The van der Waals surface area contributed by atoms with Crippen LogP contribution in [0.25, 0.3) is 21.5 Å². The van der Waals surface area contributed by atoms with Crippen molar-refractivity contribution < 1.29 is 48.3 Å². The minimum atomic E-state index is -1.59. The molecule has 236 valence electrons. The number of hydrogen-bond donors (Lipinski definition) is 0. The number of nitrogens with zero attached hydrogens (tertiary/aromatic N) is 2. The van der Waals surface area contributed by atoms with Crippen molar-refractivity contribution in [1.29, 1.82) is 0 Å². The van der Waals surface area contributed by atoms with Gasteiger partial charge in [-0.25, -0.2) is 0 Å². The lowest BCUT2D eigenvalue weighted by molar-refractivity contribution is -0.267. The summed E-state index contributed by atoms with van der Waals surface area (Å²) in [6.07, 6.45) is -3.21. The van der Waals surface area contributed by atoms with E-state index in [9.17, 15) is 19.2 Å². The number of hydrogen-bond acceptors (Lipinski definition) is 11. The highest BCUT2D eigenvalue weighted by Crippen LogP contribution is 2.39. The van der Waals surface area contributed by atoms with E-state index in [0.717, 1.165) is 32.0 Å². The summed E-state index contributed by atoms with van der Waals surface area (Å²) in [5, 5.41) is 0.879. The third kappa shape index (κ3) is 7.23. The third-order valence-electron chi connectivity index (χ3n) is 7.18. The van der Waals surface area contributed by atoms with Gasteiger partial charge in [0.1, 0.15) is 12.7 Å². The van der Waals surface area contributed by atoms with Crippen LogP contribution in [-0.4, -0.2) is 64.5 Å². The number of aromatic nitrogens is 2. The van der Waals surface area contributed by atoms with Crippen LogP contribution in [0, 0.1) is 6.92 Å². The fraction of sp³-hybridized carbons (Fsp3) is 0.364. The molecule has 1 aliphatic heterocycles. The largest absolute Gasteiger partial charge is 0.463 e. The minimum absolute atomic E-state index is 0.501. The van der Waals surface area contributed by atoms with Crippen molar-refractivity contribution in [3.8, 4) is 10.6 Å². The van der Waals surface area contributed by atoms with Crippen LogP contribution in [-0.2, 0) is 49.3 Å². The van der Waals surface area contributed by atoms with Gasteiger partial charge in [0, 0.05) is 62.2 Å². The van der Waals surface area contributed by atoms with Crippen LogP contribution < -0.4 is 0 Å². The molecule has 0 spiro atoms. The molecule has 5 atom stereocenters. The molecule has 1 unspecified atom stereocenters. The van der Waals surface area contributed by atoms with E-state index in [1.165, 1.54) is 0 Å². The molecule has 12 heteroatoms. The molecule has 0 bridgehead atoms. The fourth-order valence-corrected chi connectivity index (χ4v) is 6.53. The molecule has 11 nitrogen and oxygen atoms in total. The van der Waals surface area contributed by atoms with E-state index in [1.807, 2.05) is 61.7 Å². The summed E-state index contributed by atoms with van der Waals surface area (Å²) in [6.45, 7) is -1.74. The van der Waals surface area contributed by atoms with E-state index in [2.05, 4.69) is 4.98 Å². The van der Waals surface area contributed by atoms with Crippen LogP contribution >= 0.6 is 11.3 Å². The molecule has 45 heavy (non-hydrogen) atoms. The molecule has 1 aromatic carbocycles. The minimum Gasteiger partial charge on any atom is -0.463 e. The first-order valence-corrected chi connectivity index (χ1v) is 14.6. The van der Waals surface area contributed by atoms with Gasteiger partial charge >= 0.3 is 23.9 Å². The lowest BCUT2D eigenvalue weighted by Crippen LogP contribution is -2.60. The summed E-state index contributed by atoms with van der Waals surface area (Å²) in [5.74, 6) is -3.98. The van der Waals surface area contributed by atoms with E-state index in [0.29, 0.717) is 11.9 Å². The molecule has 0 amide bonds. The molecule has 0 aliphatic carbocycles. The molecule has 1 fully saturated rings. The van der Waals surface area contributed by atoms with E-state index in [-0.39, 0.29) is 0 Å². The number of aryl methyl sites for hydroxylation is 1. The first-order chi connectivity index (χ1) is 23.7. The van der Waals surface area contributed by atoms with Gasteiger partial charge in [0.05, 0.1) is 16.1 Å². The Morgan fingerprint density at radius 3 is 2.33 bits per heavy atom. The second-order valence-electron chi connectivity index (χ2n) is 10.3. The Kier molecular flexibility index (Phi) is 8.11. The Morgan fingerprint density at radius 1 is 0.889 bits per heavy atom. The highest BCUT2D eigenvalue weighted by molar-refractivity contribution is 7.15. The second-order valence-corrected chi connectivity index (χ2v) is 11.5. The standard InChI is InChI=1S/C33H34N2O9S/c1-18-9-8-11-26-29(18)23(15-24-12-13-28(45-24)25-10-6-7-14-34-25)16-35(26)33-32(43-22(5)39)31(42-21(4)38)30(41-20(3)37)27(44-33)17-40-19(2)36/h6-14,16,27,30-33H,15,17H2,1-5H3/t27-,30-,31+,32-,33?/m1/s1/i2D,3D,4D,5D. The smallest absolute Gasteiger partial charge is 0.303 e. The van der Waals surface area contributed by atoms with Crippen molar-refractivity contribution in [3.63, 3.8) is 0 Å². The number of rotatable bonds is 9.